The lowest BCUT2D eigenvalue weighted by atomic mass is 10.1. The van der Waals surface area contributed by atoms with E-state index in [9.17, 15) is 0 Å². The molecule has 2 atom stereocenters. The smallest absolute Gasteiger partial charge is 0.0110 e. The minimum absolute atomic E-state index is 0.719. The van der Waals surface area contributed by atoms with Crippen molar-refractivity contribution in [1.29, 1.82) is 0 Å². The average molecular weight is 125 g/mol. The van der Waals surface area contributed by atoms with E-state index in [0.29, 0.717) is 0 Å². The first kappa shape index (κ1) is 5.72. The second-order valence-electron chi connectivity index (χ2n) is 4.04. The Morgan fingerprint density at radius 2 is 2.11 bits per heavy atom. The van der Waals surface area contributed by atoms with Gasteiger partial charge in [-0.25, -0.2) is 0 Å². The molecule has 9 heavy (non-hydrogen) atoms. The Morgan fingerprint density at radius 1 is 1.56 bits per heavy atom. The summed E-state index contributed by atoms with van der Waals surface area (Å²) in [6.45, 7) is 8.87. The van der Waals surface area contributed by atoms with E-state index in [1.54, 1.807) is 0 Å². The van der Waals surface area contributed by atoms with E-state index in [2.05, 4.69) is 18.7 Å². The van der Waals surface area contributed by atoms with Crippen LogP contribution in [-0.2, 0) is 0 Å². The molecule has 1 unspecified atom stereocenters. The molecule has 1 aliphatic heterocycles. The van der Waals surface area contributed by atoms with Crippen molar-refractivity contribution in [3.63, 3.8) is 0 Å². The van der Waals surface area contributed by atoms with Gasteiger partial charge in [-0.2, -0.15) is 0 Å². The lowest BCUT2D eigenvalue weighted by molar-refractivity contribution is 0.392. The van der Waals surface area contributed by atoms with Crippen molar-refractivity contribution >= 4 is 0 Å². The molecule has 0 aromatic rings. The average Bonchev–Trinajstić information content (AvgIpc) is 2.56. The molecule has 0 radical (unpaired) electrons. The third-order valence-corrected chi connectivity index (χ3v) is 2.93. The van der Waals surface area contributed by atoms with Crippen LogP contribution >= 0.6 is 0 Å². The molecule has 2 fully saturated rings. The molecule has 2 aliphatic rings. The summed E-state index contributed by atoms with van der Waals surface area (Å²) >= 11 is 0. The zero-order chi connectivity index (χ0) is 6.48. The van der Waals surface area contributed by atoms with Gasteiger partial charge in [0.15, 0.2) is 0 Å². The highest BCUT2D eigenvalue weighted by Gasteiger charge is 2.48. The molecule has 0 aromatic carbocycles. The van der Waals surface area contributed by atoms with Crippen molar-refractivity contribution in [3.05, 3.63) is 0 Å². The maximum Gasteiger partial charge on any atom is 0.0110 e. The molecule has 52 valence electrons. The zero-order valence-electron chi connectivity index (χ0n) is 6.35. The van der Waals surface area contributed by atoms with Crippen LogP contribution in [0, 0.1) is 11.3 Å². The van der Waals surface area contributed by atoms with Crippen molar-refractivity contribution in [1.82, 2.24) is 4.90 Å². The first-order valence-corrected chi connectivity index (χ1v) is 3.93. The van der Waals surface area contributed by atoms with Gasteiger partial charge in [0.25, 0.3) is 0 Å². The van der Waals surface area contributed by atoms with Crippen molar-refractivity contribution in [2.45, 2.75) is 20.3 Å². The van der Waals surface area contributed by atoms with Crippen molar-refractivity contribution < 1.29 is 0 Å². The third kappa shape index (κ3) is 0.983. The second-order valence-corrected chi connectivity index (χ2v) is 4.04. The Morgan fingerprint density at radius 3 is 2.44 bits per heavy atom. The van der Waals surface area contributed by atoms with Gasteiger partial charge in [-0.05, 0) is 17.8 Å². The van der Waals surface area contributed by atoms with E-state index in [0.717, 1.165) is 11.3 Å². The highest BCUT2D eigenvalue weighted by Crippen LogP contribution is 2.52. The standard InChI is InChI=1S/C8H15N/c1-7-5-8(7,2)6-9-3-4-9/h7H,3-6H2,1-2H3/t7-,8?/m0/s1. The number of nitrogens with zero attached hydrogens (tertiary/aromatic N) is 1. The normalized spacial score (nSPS) is 49.3. The van der Waals surface area contributed by atoms with Gasteiger partial charge in [0, 0.05) is 19.6 Å². The van der Waals surface area contributed by atoms with E-state index in [1.807, 2.05) is 0 Å². The van der Waals surface area contributed by atoms with Gasteiger partial charge in [0.05, 0.1) is 0 Å². The molecule has 1 heterocycles. The van der Waals surface area contributed by atoms with E-state index < -0.39 is 0 Å². The Bertz CT molecular complexity index is 129. The predicted molar refractivity (Wildman–Crippen MR) is 38.3 cm³/mol. The molecule has 2 rings (SSSR count). The minimum Gasteiger partial charge on any atom is -0.300 e. The summed E-state index contributed by atoms with van der Waals surface area (Å²) in [5.74, 6) is 0.998. The predicted octanol–water partition coefficient (Wildman–Crippen LogP) is 1.35. The van der Waals surface area contributed by atoms with Gasteiger partial charge in [0.1, 0.15) is 0 Å². The molecule has 1 heteroatoms. The monoisotopic (exact) mass is 125 g/mol. The lowest BCUT2D eigenvalue weighted by Crippen LogP contribution is -2.12. The SMILES string of the molecule is C[C@H]1CC1(C)CN1CC1. The molecule has 0 bridgehead atoms. The van der Waals surface area contributed by atoms with Gasteiger partial charge < -0.3 is 4.90 Å². The minimum atomic E-state index is 0.719. The van der Waals surface area contributed by atoms with Crippen LogP contribution in [0.2, 0.25) is 0 Å². The molecule has 1 saturated carbocycles. The number of hydrogen-bond acceptors (Lipinski definition) is 1. The van der Waals surface area contributed by atoms with E-state index in [-0.39, 0.29) is 0 Å². The van der Waals surface area contributed by atoms with E-state index in [1.165, 1.54) is 26.1 Å². The van der Waals surface area contributed by atoms with Crippen LogP contribution in [0.5, 0.6) is 0 Å². The second kappa shape index (κ2) is 1.51. The first-order valence-electron chi connectivity index (χ1n) is 3.93. The Labute approximate surface area is 57.0 Å². The van der Waals surface area contributed by atoms with Gasteiger partial charge in [-0.3, -0.25) is 0 Å². The molecule has 0 spiro atoms. The zero-order valence-corrected chi connectivity index (χ0v) is 6.35. The molecular formula is C8H15N. The van der Waals surface area contributed by atoms with Gasteiger partial charge in [0.2, 0.25) is 0 Å². The quantitative estimate of drug-likeness (QED) is 0.503. The first-order chi connectivity index (χ1) is 4.21. The van der Waals surface area contributed by atoms with E-state index in [4.69, 9.17) is 0 Å². The number of rotatable bonds is 2. The largest absolute Gasteiger partial charge is 0.300 e. The van der Waals surface area contributed by atoms with Crippen molar-refractivity contribution in [2.75, 3.05) is 19.6 Å². The van der Waals surface area contributed by atoms with Crippen LogP contribution in [0.3, 0.4) is 0 Å². The van der Waals surface area contributed by atoms with Crippen LogP contribution < -0.4 is 0 Å². The fraction of sp³-hybridized carbons (Fsp3) is 1.00. The summed E-state index contributed by atoms with van der Waals surface area (Å²) in [6, 6.07) is 0. The Balaban J connectivity index is 1.84. The van der Waals surface area contributed by atoms with Gasteiger partial charge in [-0.1, -0.05) is 13.8 Å². The molecule has 1 aliphatic carbocycles. The molecule has 0 N–H and O–H groups in total. The van der Waals surface area contributed by atoms with Crippen LogP contribution in [-0.4, -0.2) is 24.5 Å². The fourth-order valence-corrected chi connectivity index (χ4v) is 1.60. The third-order valence-electron chi connectivity index (χ3n) is 2.93. The highest BCUT2D eigenvalue weighted by molar-refractivity contribution is 4.99. The molecular weight excluding hydrogens is 110 g/mol. The van der Waals surface area contributed by atoms with Crippen LogP contribution in [0.4, 0.5) is 0 Å². The summed E-state index contributed by atoms with van der Waals surface area (Å²) in [5.41, 5.74) is 0.719. The van der Waals surface area contributed by atoms with Crippen LogP contribution in [0.15, 0.2) is 0 Å². The highest BCUT2D eigenvalue weighted by atomic mass is 15.3. The lowest BCUT2D eigenvalue weighted by Gasteiger charge is -2.08. The van der Waals surface area contributed by atoms with Crippen LogP contribution in [0.1, 0.15) is 20.3 Å². The summed E-state index contributed by atoms with van der Waals surface area (Å²) < 4.78 is 0. The molecule has 1 nitrogen and oxygen atoms in total. The molecule has 0 amide bonds. The maximum atomic E-state index is 2.53. The maximum absolute atomic E-state index is 2.53. The summed E-state index contributed by atoms with van der Waals surface area (Å²) in [7, 11) is 0. The van der Waals surface area contributed by atoms with Crippen LogP contribution in [0.25, 0.3) is 0 Å². The van der Waals surface area contributed by atoms with E-state index >= 15 is 0 Å². The number of hydrogen-bond donors (Lipinski definition) is 0. The summed E-state index contributed by atoms with van der Waals surface area (Å²) in [4.78, 5) is 2.53. The summed E-state index contributed by atoms with van der Waals surface area (Å²) in [6.07, 6.45) is 1.46. The molecule has 0 aromatic heterocycles. The van der Waals surface area contributed by atoms with Gasteiger partial charge in [-0.15, -0.1) is 0 Å². The summed E-state index contributed by atoms with van der Waals surface area (Å²) in [5, 5.41) is 0. The fourth-order valence-electron chi connectivity index (χ4n) is 1.60. The Hall–Kier alpha value is -0.0400. The van der Waals surface area contributed by atoms with Crippen molar-refractivity contribution in [3.8, 4) is 0 Å². The van der Waals surface area contributed by atoms with Gasteiger partial charge >= 0.3 is 0 Å². The molecule has 1 saturated heterocycles. The van der Waals surface area contributed by atoms with Crippen molar-refractivity contribution in [2.24, 2.45) is 11.3 Å². The Kier molecular flexibility index (Phi) is 0.963. The topological polar surface area (TPSA) is 3.01 Å².